The second kappa shape index (κ2) is 6.98. The van der Waals surface area contributed by atoms with E-state index in [4.69, 9.17) is 0 Å². The Morgan fingerprint density at radius 3 is 2.61 bits per heavy atom. The molecule has 0 aliphatic carbocycles. The number of hydrogen-bond acceptors (Lipinski definition) is 4. The van der Waals surface area contributed by atoms with Crippen LogP contribution in [-0.4, -0.2) is 53.9 Å². The predicted molar refractivity (Wildman–Crippen MR) is 88.0 cm³/mol. The van der Waals surface area contributed by atoms with E-state index in [2.05, 4.69) is 15.2 Å². The summed E-state index contributed by atoms with van der Waals surface area (Å²) in [7, 11) is 0. The summed E-state index contributed by atoms with van der Waals surface area (Å²) in [4.78, 5) is 32.2. The largest absolute Gasteiger partial charge is 0.354 e. The number of amides is 2. The van der Waals surface area contributed by atoms with E-state index in [0.29, 0.717) is 13.1 Å². The van der Waals surface area contributed by atoms with Crippen molar-refractivity contribution in [2.75, 3.05) is 31.1 Å². The number of carbonyl (C=O) groups excluding carboxylic acids is 2. The van der Waals surface area contributed by atoms with Gasteiger partial charge in [-0.25, -0.2) is 4.98 Å². The van der Waals surface area contributed by atoms with Crippen LogP contribution in [0.15, 0.2) is 24.4 Å². The highest BCUT2D eigenvalue weighted by molar-refractivity contribution is 5.80. The van der Waals surface area contributed by atoms with Crippen LogP contribution in [0.5, 0.6) is 0 Å². The zero-order chi connectivity index (χ0) is 16.2. The van der Waals surface area contributed by atoms with Crippen molar-refractivity contribution in [2.24, 2.45) is 5.92 Å². The Hall–Kier alpha value is -2.11. The first kappa shape index (κ1) is 15.8. The third-order valence-corrected chi connectivity index (χ3v) is 4.82. The highest BCUT2D eigenvalue weighted by Crippen LogP contribution is 2.20. The Balaban J connectivity index is 1.47. The van der Waals surface area contributed by atoms with E-state index in [1.165, 1.54) is 0 Å². The van der Waals surface area contributed by atoms with Crippen molar-refractivity contribution < 1.29 is 9.59 Å². The summed E-state index contributed by atoms with van der Waals surface area (Å²) in [6.45, 7) is 4.71. The first-order valence-electron chi connectivity index (χ1n) is 8.35. The molecule has 6 heteroatoms. The average Bonchev–Trinajstić information content (AvgIpc) is 3.04. The topological polar surface area (TPSA) is 65.5 Å². The fraction of sp³-hybridized carbons (Fsp3) is 0.588. The molecule has 1 N–H and O–H groups in total. The van der Waals surface area contributed by atoms with E-state index >= 15 is 0 Å². The van der Waals surface area contributed by atoms with Crippen molar-refractivity contribution in [2.45, 2.75) is 32.2 Å². The molecule has 2 fully saturated rings. The van der Waals surface area contributed by atoms with Crippen molar-refractivity contribution in [3.05, 3.63) is 24.4 Å². The molecule has 1 aromatic rings. The van der Waals surface area contributed by atoms with Crippen molar-refractivity contribution in [3.8, 4) is 0 Å². The van der Waals surface area contributed by atoms with Crippen LogP contribution in [0, 0.1) is 5.92 Å². The minimum atomic E-state index is 0.0366. The molecule has 2 aliphatic heterocycles. The van der Waals surface area contributed by atoms with Crippen LogP contribution in [0.2, 0.25) is 0 Å². The molecule has 0 aromatic carbocycles. The minimum Gasteiger partial charge on any atom is -0.354 e. The number of carbonyl (C=O) groups is 2. The molecule has 1 atom stereocenters. The molecule has 23 heavy (non-hydrogen) atoms. The van der Waals surface area contributed by atoms with E-state index in [9.17, 15) is 9.59 Å². The van der Waals surface area contributed by atoms with Gasteiger partial charge in [0, 0.05) is 51.3 Å². The van der Waals surface area contributed by atoms with Crippen LogP contribution >= 0.6 is 0 Å². The zero-order valence-electron chi connectivity index (χ0n) is 13.6. The second-order valence-corrected chi connectivity index (χ2v) is 6.41. The fourth-order valence-electron chi connectivity index (χ4n) is 3.40. The van der Waals surface area contributed by atoms with E-state index in [-0.39, 0.29) is 23.8 Å². The number of nitrogens with zero attached hydrogens (tertiary/aromatic N) is 3. The zero-order valence-corrected chi connectivity index (χ0v) is 13.6. The first-order valence-corrected chi connectivity index (χ1v) is 8.35. The van der Waals surface area contributed by atoms with Crippen LogP contribution in [0.4, 0.5) is 5.82 Å². The Morgan fingerprint density at radius 1 is 1.17 bits per heavy atom. The maximum atomic E-state index is 12.4. The van der Waals surface area contributed by atoms with Crippen molar-refractivity contribution in [1.82, 2.24) is 15.2 Å². The molecule has 0 saturated carbocycles. The number of aromatic nitrogens is 1. The number of anilines is 1. The summed E-state index contributed by atoms with van der Waals surface area (Å²) in [5.41, 5.74) is 0. The van der Waals surface area contributed by atoms with Gasteiger partial charge in [-0.2, -0.15) is 0 Å². The highest BCUT2D eigenvalue weighted by atomic mass is 16.2. The highest BCUT2D eigenvalue weighted by Gasteiger charge is 2.30. The van der Waals surface area contributed by atoms with E-state index in [0.717, 1.165) is 38.2 Å². The first-order chi connectivity index (χ1) is 11.1. The van der Waals surface area contributed by atoms with Crippen molar-refractivity contribution in [1.29, 1.82) is 0 Å². The summed E-state index contributed by atoms with van der Waals surface area (Å²) in [6.07, 6.45) is 4.28. The predicted octanol–water partition coefficient (Wildman–Crippen LogP) is 1.03. The van der Waals surface area contributed by atoms with Gasteiger partial charge in [0.25, 0.3) is 0 Å². The lowest BCUT2D eigenvalue weighted by molar-refractivity contribution is -0.134. The van der Waals surface area contributed by atoms with Crippen molar-refractivity contribution in [3.63, 3.8) is 0 Å². The number of hydrogen-bond donors (Lipinski definition) is 1. The van der Waals surface area contributed by atoms with Gasteiger partial charge < -0.3 is 15.1 Å². The van der Waals surface area contributed by atoms with Crippen LogP contribution in [0.25, 0.3) is 0 Å². The SMILES string of the molecule is CC(=O)N1CCC(C(=O)NC2CCN(c3ccccn3)C2)CC1. The summed E-state index contributed by atoms with van der Waals surface area (Å²) >= 11 is 0. The second-order valence-electron chi connectivity index (χ2n) is 6.41. The lowest BCUT2D eigenvalue weighted by Gasteiger charge is -2.31. The number of rotatable bonds is 3. The molecule has 124 valence electrons. The van der Waals surface area contributed by atoms with Gasteiger partial charge in [0.15, 0.2) is 0 Å². The Kier molecular flexibility index (Phi) is 4.79. The van der Waals surface area contributed by atoms with Gasteiger partial charge in [-0.15, -0.1) is 0 Å². The number of pyridine rings is 1. The van der Waals surface area contributed by atoms with Gasteiger partial charge >= 0.3 is 0 Å². The Labute approximate surface area is 136 Å². The maximum absolute atomic E-state index is 12.4. The molecule has 0 radical (unpaired) electrons. The standard InChI is InChI=1S/C17H24N4O2/c1-13(22)20-9-5-14(6-10-20)17(23)19-15-7-11-21(12-15)16-4-2-3-8-18-16/h2-4,8,14-15H,5-7,9-12H2,1H3,(H,19,23). The van der Waals surface area contributed by atoms with Gasteiger partial charge in [0.1, 0.15) is 5.82 Å². The lowest BCUT2D eigenvalue weighted by atomic mass is 9.95. The fourth-order valence-corrected chi connectivity index (χ4v) is 3.40. The smallest absolute Gasteiger partial charge is 0.223 e. The van der Waals surface area contributed by atoms with E-state index in [1.807, 2.05) is 23.1 Å². The molecule has 3 rings (SSSR count). The van der Waals surface area contributed by atoms with Gasteiger partial charge in [-0.05, 0) is 31.4 Å². The molecule has 1 unspecified atom stereocenters. The quantitative estimate of drug-likeness (QED) is 0.905. The molecule has 3 heterocycles. The van der Waals surface area contributed by atoms with Gasteiger partial charge in [-0.3, -0.25) is 9.59 Å². The molecule has 1 aromatic heterocycles. The third kappa shape index (κ3) is 3.81. The number of nitrogens with one attached hydrogen (secondary N) is 1. The Morgan fingerprint density at radius 2 is 1.96 bits per heavy atom. The summed E-state index contributed by atoms with van der Waals surface area (Å²) < 4.78 is 0. The van der Waals surface area contributed by atoms with Crippen LogP contribution in [0.3, 0.4) is 0 Å². The number of piperidine rings is 1. The molecule has 2 amide bonds. The molecule has 0 bridgehead atoms. The summed E-state index contributed by atoms with van der Waals surface area (Å²) in [6, 6.07) is 6.08. The molecule has 2 aliphatic rings. The summed E-state index contributed by atoms with van der Waals surface area (Å²) in [5.74, 6) is 1.25. The van der Waals surface area contributed by atoms with Crippen LogP contribution in [0.1, 0.15) is 26.2 Å². The maximum Gasteiger partial charge on any atom is 0.223 e. The molecular formula is C17H24N4O2. The van der Waals surface area contributed by atoms with Gasteiger partial charge in [0.05, 0.1) is 0 Å². The average molecular weight is 316 g/mol. The van der Waals surface area contributed by atoms with Gasteiger partial charge in [-0.1, -0.05) is 6.07 Å². The van der Waals surface area contributed by atoms with Crippen LogP contribution in [-0.2, 0) is 9.59 Å². The van der Waals surface area contributed by atoms with E-state index in [1.54, 1.807) is 13.1 Å². The van der Waals surface area contributed by atoms with E-state index < -0.39 is 0 Å². The molecule has 0 spiro atoms. The lowest BCUT2D eigenvalue weighted by Crippen LogP contribution is -2.45. The number of likely N-dealkylation sites (tertiary alicyclic amines) is 1. The molecular weight excluding hydrogens is 292 g/mol. The monoisotopic (exact) mass is 316 g/mol. The van der Waals surface area contributed by atoms with Crippen molar-refractivity contribution >= 4 is 17.6 Å². The van der Waals surface area contributed by atoms with Crippen LogP contribution < -0.4 is 10.2 Å². The third-order valence-electron chi connectivity index (χ3n) is 4.82. The Bertz CT molecular complexity index is 555. The molecule has 6 nitrogen and oxygen atoms in total. The summed E-state index contributed by atoms with van der Waals surface area (Å²) in [5, 5.41) is 3.18. The minimum absolute atomic E-state index is 0.0366. The normalized spacial score (nSPS) is 22.2. The molecule has 2 saturated heterocycles. The van der Waals surface area contributed by atoms with Gasteiger partial charge in [0.2, 0.25) is 11.8 Å².